The lowest BCUT2D eigenvalue weighted by molar-refractivity contribution is -0.112. The molecule has 0 radical (unpaired) electrons. The molecule has 4 heteroatoms. The van der Waals surface area contributed by atoms with Crippen LogP contribution in [0.1, 0.15) is 12.8 Å². The van der Waals surface area contributed by atoms with Crippen molar-refractivity contribution in [1.29, 1.82) is 0 Å². The summed E-state index contributed by atoms with van der Waals surface area (Å²) in [4.78, 5) is 11.1. The van der Waals surface area contributed by atoms with E-state index in [1.807, 2.05) is 6.20 Å². The van der Waals surface area contributed by atoms with Crippen molar-refractivity contribution < 1.29 is 4.79 Å². The first kappa shape index (κ1) is 8.13. The van der Waals surface area contributed by atoms with Crippen LogP contribution < -0.4 is 5.43 Å². The molecule has 2 aliphatic rings. The zero-order valence-electron chi connectivity index (χ0n) is 6.82. The molecule has 1 atom stereocenters. The third-order valence-electron chi connectivity index (χ3n) is 2.07. The zero-order chi connectivity index (χ0) is 8.39. The minimum absolute atomic E-state index is 0.219. The van der Waals surface area contributed by atoms with E-state index in [-0.39, 0.29) is 5.78 Å². The van der Waals surface area contributed by atoms with Crippen LogP contribution in [0.3, 0.4) is 0 Å². The Labute approximate surface area is 76.2 Å². The highest BCUT2D eigenvalue weighted by Gasteiger charge is 2.22. The van der Waals surface area contributed by atoms with Gasteiger partial charge in [-0.3, -0.25) is 4.79 Å². The molecule has 66 valence electrons. The second-order valence-electron chi connectivity index (χ2n) is 3.01. The number of ketones is 1. The normalized spacial score (nSPS) is 29.8. The summed E-state index contributed by atoms with van der Waals surface area (Å²) in [5, 5.41) is 2.51. The number of nitrogens with one attached hydrogen (secondary N) is 1. The Morgan fingerprint density at radius 2 is 2.58 bits per heavy atom. The summed E-state index contributed by atoms with van der Waals surface area (Å²) in [6.07, 6.45) is 5.91. The van der Waals surface area contributed by atoms with Gasteiger partial charge in [0.15, 0.2) is 5.78 Å². The lowest BCUT2D eigenvalue weighted by Gasteiger charge is -2.33. The Hall–Kier alpha value is -0.480. The number of carbonyl (C=O) groups is 1. The van der Waals surface area contributed by atoms with Crippen LogP contribution in [-0.4, -0.2) is 28.5 Å². The molecule has 1 saturated heterocycles. The fraction of sp³-hybridized carbons (Fsp3) is 0.625. The summed E-state index contributed by atoms with van der Waals surface area (Å²) >= 11 is 1.73. The largest absolute Gasteiger partial charge is 0.303 e. The van der Waals surface area contributed by atoms with Gasteiger partial charge >= 0.3 is 0 Å². The zero-order valence-corrected chi connectivity index (χ0v) is 7.64. The molecule has 0 bridgehead atoms. The number of carbonyl (C=O) groups excluding carboxylic acids is 1. The maximum Gasteiger partial charge on any atom is 0.167 e. The summed E-state index contributed by atoms with van der Waals surface area (Å²) in [5.41, 5.74) is 3.26. The molecule has 2 aliphatic heterocycles. The molecule has 0 aliphatic carbocycles. The van der Waals surface area contributed by atoms with Crippen LogP contribution in [-0.2, 0) is 4.79 Å². The molecule has 1 fully saturated rings. The quantitative estimate of drug-likeness (QED) is 0.602. The number of nitrogens with zero attached hydrogens (tertiary/aromatic N) is 1. The van der Waals surface area contributed by atoms with Gasteiger partial charge in [0, 0.05) is 12.7 Å². The minimum Gasteiger partial charge on any atom is -0.303 e. The Balaban J connectivity index is 2.08. The fourth-order valence-corrected chi connectivity index (χ4v) is 2.52. The van der Waals surface area contributed by atoms with Crippen molar-refractivity contribution in [2.24, 2.45) is 0 Å². The van der Waals surface area contributed by atoms with E-state index in [4.69, 9.17) is 0 Å². The summed E-state index contributed by atoms with van der Waals surface area (Å²) in [6.45, 7) is 1.02. The molecule has 2 heterocycles. The van der Waals surface area contributed by atoms with Crippen LogP contribution in [0.4, 0.5) is 0 Å². The molecule has 0 aromatic carbocycles. The van der Waals surface area contributed by atoms with Gasteiger partial charge in [0.25, 0.3) is 0 Å². The first-order chi connectivity index (χ1) is 5.86. The topological polar surface area (TPSA) is 32.3 Å². The van der Waals surface area contributed by atoms with E-state index in [0.29, 0.717) is 11.1 Å². The first-order valence-corrected chi connectivity index (χ1v) is 5.25. The van der Waals surface area contributed by atoms with E-state index in [1.54, 1.807) is 17.8 Å². The summed E-state index contributed by atoms with van der Waals surface area (Å²) in [7, 11) is 0. The first-order valence-electron chi connectivity index (χ1n) is 4.21. The van der Waals surface area contributed by atoms with Gasteiger partial charge in [-0.15, -0.1) is 11.8 Å². The summed E-state index contributed by atoms with van der Waals surface area (Å²) in [6, 6.07) is 0. The van der Waals surface area contributed by atoms with E-state index in [1.165, 1.54) is 12.8 Å². The molecule has 0 spiro atoms. The van der Waals surface area contributed by atoms with Crippen molar-refractivity contribution in [2.75, 3.05) is 12.3 Å². The monoisotopic (exact) mass is 184 g/mol. The SMILES string of the molecule is O=C1C=CN2NCCCC2SC1. The standard InChI is InChI=1S/C8H12N2OS/c11-7-3-5-10-8(12-6-7)2-1-4-9-10/h3,5,8-9H,1-2,4,6H2. The lowest BCUT2D eigenvalue weighted by atomic mass is 10.2. The number of hydrogen-bond acceptors (Lipinski definition) is 4. The molecule has 0 aromatic rings. The fourth-order valence-electron chi connectivity index (χ4n) is 1.43. The van der Waals surface area contributed by atoms with Crippen LogP contribution in [0.5, 0.6) is 0 Å². The second-order valence-corrected chi connectivity index (χ2v) is 4.17. The third-order valence-corrected chi connectivity index (χ3v) is 3.37. The molecule has 1 unspecified atom stereocenters. The average Bonchev–Trinajstić information content (AvgIpc) is 2.29. The Kier molecular flexibility index (Phi) is 2.37. The van der Waals surface area contributed by atoms with E-state index < -0.39 is 0 Å². The Morgan fingerprint density at radius 1 is 1.67 bits per heavy atom. The summed E-state index contributed by atoms with van der Waals surface area (Å²) in [5.74, 6) is 0.843. The molecule has 1 N–H and O–H groups in total. The molecule has 2 rings (SSSR count). The van der Waals surface area contributed by atoms with Crippen LogP contribution in [0.25, 0.3) is 0 Å². The predicted octanol–water partition coefficient (Wildman–Crippen LogP) is 0.742. The van der Waals surface area contributed by atoms with Crippen molar-refractivity contribution in [3.05, 3.63) is 12.3 Å². The third kappa shape index (κ3) is 1.64. The molecule has 0 aromatic heterocycles. The van der Waals surface area contributed by atoms with Crippen molar-refractivity contribution in [3.8, 4) is 0 Å². The molecule has 3 nitrogen and oxygen atoms in total. The van der Waals surface area contributed by atoms with Crippen LogP contribution in [0.15, 0.2) is 12.3 Å². The van der Waals surface area contributed by atoms with E-state index in [0.717, 1.165) is 6.54 Å². The molecule has 0 saturated carbocycles. The van der Waals surface area contributed by atoms with Gasteiger partial charge in [0.1, 0.15) is 0 Å². The molecule has 0 amide bonds. The number of thioether (sulfide) groups is 1. The van der Waals surface area contributed by atoms with Gasteiger partial charge in [0.2, 0.25) is 0 Å². The van der Waals surface area contributed by atoms with Crippen molar-refractivity contribution in [3.63, 3.8) is 0 Å². The number of hydrazine groups is 1. The van der Waals surface area contributed by atoms with Gasteiger partial charge < -0.3 is 5.01 Å². The van der Waals surface area contributed by atoms with Crippen LogP contribution in [0, 0.1) is 0 Å². The smallest absolute Gasteiger partial charge is 0.167 e. The maximum atomic E-state index is 11.1. The Bertz CT molecular complexity index is 217. The van der Waals surface area contributed by atoms with E-state index in [9.17, 15) is 4.79 Å². The highest BCUT2D eigenvalue weighted by Crippen LogP contribution is 2.24. The molecule has 12 heavy (non-hydrogen) atoms. The van der Waals surface area contributed by atoms with Crippen molar-refractivity contribution >= 4 is 17.5 Å². The lowest BCUT2D eigenvalue weighted by Crippen LogP contribution is -2.44. The van der Waals surface area contributed by atoms with E-state index >= 15 is 0 Å². The van der Waals surface area contributed by atoms with Gasteiger partial charge in [-0.25, -0.2) is 5.43 Å². The van der Waals surface area contributed by atoms with Crippen LogP contribution >= 0.6 is 11.8 Å². The second kappa shape index (κ2) is 3.49. The van der Waals surface area contributed by atoms with Gasteiger partial charge in [-0.05, 0) is 18.9 Å². The number of hydrogen-bond donors (Lipinski definition) is 1. The van der Waals surface area contributed by atoms with Gasteiger partial charge in [0.05, 0.1) is 11.1 Å². The minimum atomic E-state index is 0.219. The average molecular weight is 184 g/mol. The maximum absolute atomic E-state index is 11.1. The van der Waals surface area contributed by atoms with Crippen LogP contribution in [0.2, 0.25) is 0 Å². The predicted molar refractivity (Wildman–Crippen MR) is 49.5 cm³/mol. The summed E-state index contributed by atoms with van der Waals surface area (Å²) < 4.78 is 0. The number of allylic oxidation sites excluding steroid dienone is 1. The number of fused-ring (bicyclic) bond motifs is 1. The Morgan fingerprint density at radius 3 is 3.50 bits per heavy atom. The van der Waals surface area contributed by atoms with Crippen molar-refractivity contribution in [2.45, 2.75) is 18.2 Å². The van der Waals surface area contributed by atoms with Gasteiger partial charge in [-0.1, -0.05) is 0 Å². The van der Waals surface area contributed by atoms with Crippen molar-refractivity contribution in [1.82, 2.24) is 10.4 Å². The molecular weight excluding hydrogens is 172 g/mol. The van der Waals surface area contributed by atoms with Gasteiger partial charge in [-0.2, -0.15) is 0 Å². The highest BCUT2D eigenvalue weighted by atomic mass is 32.2. The highest BCUT2D eigenvalue weighted by molar-refractivity contribution is 8.00. The molecular formula is C8H12N2OS. The number of rotatable bonds is 0. The van der Waals surface area contributed by atoms with E-state index in [2.05, 4.69) is 10.4 Å².